The van der Waals surface area contributed by atoms with Gasteiger partial charge in [0.05, 0.1) is 13.2 Å². The molecular formula is C16H27NO6. The molecule has 1 amide bonds. The van der Waals surface area contributed by atoms with Gasteiger partial charge in [0.25, 0.3) is 0 Å². The number of unbranched alkanes of at least 4 members (excludes halogenated alkanes) is 1. The van der Waals surface area contributed by atoms with Crippen molar-refractivity contribution >= 4 is 17.8 Å². The van der Waals surface area contributed by atoms with Crippen molar-refractivity contribution in [3.8, 4) is 0 Å². The summed E-state index contributed by atoms with van der Waals surface area (Å²) in [5.41, 5.74) is 0. The highest BCUT2D eigenvalue weighted by atomic mass is 16.5. The van der Waals surface area contributed by atoms with Crippen molar-refractivity contribution in [1.82, 2.24) is 5.32 Å². The van der Waals surface area contributed by atoms with Crippen LogP contribution in [-0.4, -0.2) is 42.9 Å². The number of rotatable bonds is 8. The summed E-state index contributed by atoms with van der Waals surface area (Å²) >= 11 is 0. The minimum absolute atomic E-state index is 0.329. The molecule has 0 aromatic rings. The van der Waals surface area contributed by atoms with E-state index in [4.69, 9.17) is 5.11 Å². The zero-order valence-electron chi connectivity index (χ0n) is 13.9. The molecule has 7 heteroatoms. The molecule has 132 valence electrons. The van der Waals surface area contributed by atoms with E-state index >= 15 is 0 Å². The molecule has 0 heterocycles. The van der Waals surface area contributed by atoms with Gasteiger partial charge in [0, 0.05) is 12.2 Å². The number of carbonyl (C=O) groups excluding carboxylic acids is 3. The Labute approximate surface area is 137 Å². The van der Waals surface area contributed by atoms with Gasteiger partial charge in [-0.25, -0.2) is 9.59 Å². The van der Waals surface area contributed by atoms with Crippen LogP contribution >= 0.6 is 0 Å². The Kier molecular flexibility index (Phi) is 24.3. The standard InChI is InChI=1S/C7H12O2.C5H8O2.C4H7NO2/c1-3-5-6-9-7(8)4-2;1-3-5(6)7-4-2;1-2-4(7)5-3-6/h4H,2-3,5-6H2,1H3;3H,1,4H2,2H3;2,6H,1,3H2,(H,5,7). The lowest BCUT2D eigenvalue weighted by atomic mass is 10.4. The van der Waals surface area contributed by atoms with Crippen molar-refractivity contribution in [2.45, 2.75) is 26.7 Å². The Balaban J connectivity index is -0.000000264. The number of amides is 1. The van der Waals surface area contributed by atoms with Crippen LogP contribution in [0.2, 0.25) is 0 Å². The molecule has 2 N–H and O–H groups in total. The first-order chi connectivity index (χ1) is 10.9. The number of aliphatic hydroxyl groups is 1. The fourth-order valence-electron chi connectivity index (χ4n) is 0.727. The Bertz CT molecular complexity index is 344. The molecule has 0 aromatic heterocycles. The average molecular weight is 329 g/mol. The van der Waals surface area contributed by atoms with E-state index in [0.717, 1.165) is 25.0 Å². The van der Waals surface area contributed by atoms with Gasteiger partial charge >= 0.3 is 11.9 Å². The molecule has 0 aliphatic heterocycles. The second-order valence-corrected chi connectivity index (χ2v) is 3.58. The number of hydrogen-bond acceptors (Lipinski definition) is 6. The molecule has 7 nitrogen and oxygen atoms in total. The molecule has 0 atom stereocenters. The smallest absolute Gasteiger partial charge is 0.330 e. The fraction of sp³-hybridized carbons (Fsp3) is 0.438. The number of aliphatic hydroxyl groups excluding tert-OH is 1. The molecule has 0 rings (SSSR count). The van der Waals surface area contributed by atoms with Crippen molar-refractivity contribution in [3.63, 3.8) is 0 Å². The molecule has 0 saturated carbocycles. The van der Waals surface area contributed by atoms with Crippen LogP contribution in [0.5, 0.6) is 0 Å². The highest BCUT2D eigenvalue weighted by Gasteiger charge is 1.91. The van der Waals surface area contributed by atoms with Crippen LogP contribution < -0.4 is 5.32 Å². The summed E-state index contributed by atoms with van der Waals surface area (Å²) in [5.74, 6) is -1.05. The SMILES string of the molecule is C=CC(=O)NCO.C=CC(=O)OCC.C=CC(=O)OCCCC. The molecule has 0 aliphatic rings. The maximum absolute atomic E-state index is 10.3. The van der Waals surface area contributed by atoms with Crippen molar-refractivity contribution in [3.05, 3.63) is 38.0 Å². The van der Waals surface area contributed by atoms with E-state index in [1.165, 1.54) is 6.08 Å². The molecule has 23 heavy (non-hydrogen) atoms. The summed E-state index contributed by atoms with van der Waals surface area (Å²) in [6, 6.07) is 0. The van der Waals surface area contributed by atoms with E-state index in [-0.39, 0.29) is 24.6 Å². The van der Waals surface area contributed by atoms with Crippen LogP contribution in [0.15, 0.2) is 38.0 Å². The highest BCUT2D eigenvalue weighted by molar-refractivity contribution is 5.86. The summed E-state index contributed by atoms with van der Waals surface area (Å²) in [7, 11) is 0. The van der Waals surface area contributed by atoms with Crippen LogP contribution in [0.1, 0.15) is 26.7 Å². The van der Waals surface area contributed by atoms with Crippen molar-refractivity contribution in [1.29, 1.82) is 0 Å². The number of hydrogen-bond donors (Lipinski definition) is 2. The van der Waals surface area contributed by atoms with Gasteiger partial charge in [-0.3, -0.25) is 4.79 Å². The largest absolute Gasteiger partial charge is 0.463 e. The maximum Gasteiger partial charge on any atom is 0.330 e. The van der Waals surface area contributed by atoms with Crippen LogP contribution in [0.3, 0.4) is 0 Å². The van der Waals surface area contributed by atoms with Gasteiger partial charge in [0.15, 0.2) is 0 Å². The molecule has 0 bridgehead atoms. The third kappa shape index (κ3) is 28.5. The van der Waals surface area contributed by atoms with Crippen molar-refractivity contribution < 1.29 is 29.0 Å². The monoisotopic (exact) mass is 329 g/mol. The molecule has 0 aromatic carbocycles. The molecule has 0 aliphatic carbocycles. The fourth-order valence-corrected chi connectivity index (χ4v) is 0.727. The van der Waals surface area contributed by atoms with Crippen LogP contribution in [0.25, 0.3) is 0 Å². The van der Waals surface area contributed by atoms with Gasteiger partial charge in [-0.1, -0.05) is 33.1 Å². The Morgan fingerprint density at radius 1 is 1.00 bits per heavy atom. The number of ether oxygens (including phenoxy) is 2. The first kappa shape index (κ1) is 25.5. The molecule has 0 radical (unpaired) electrons. The minimum Gasteiger partial charge on any atom is -0.463 e. The maximum atomic E-state index is 10.3. The van der Waals surface area contributed by atoms with Crippen molar-refractivity contribution in [2.24, 2.45) is 0 Å². The third-order valence-electron chi connectivity index (χ3n) is 1.80. The first-order valence-electron chi connectivity index (χ1n) is 7.02. The Hall–Kier alpha value is -2.41. The van der Waals surface area contributed by atoms with Gasteiger partial charge in [0.1, 0.15) is 6.73 Å². The molecule has 0 saturated heterocycles. The Morgan fingerprint density at radius 3 is 1.78 bits per heavy atom. The van der Waals surface area contributed by atoms with Gasteiger partial charge in [-0.2, -0.15) is 0 Å². The third-order valence-corrected chi connectivity index (χ3v) is 1.80. The van der Waals surface area contributed by atoms with Gasteiger partial charge < -0.3 is 19.9 Å². The predicted octanol–water partition coefficient (Wildman–Crippen LogP) is 1.49. The summed E-state index contributed by atoms with van der Waals surface area (Å²) in [6.07, 6.45) is 5.39. The van der Waals surface area contributed by atoms with Crippen LogP contribution in [-0.2, 0) is 23.9 Å². The van der Waals surface area contributed by atoms with E-state index in [1.807, 2.05) is 6.92 Å². The van der Waals surface area contributed by atoms with E-state index in [0.29, 0.717) is 13.2 Å². The average Bonchev–Trinajstić information content (AvgIpc) is 2.56. The summed E-state index contributed by atoms with van der Waals surface area (Å²) in [5, 5.41) is 10.1. The molecular weight excluding hydrogens is 302 g/mol. The summed E-state index contributed by atoms with van der Waals surface area (Å²) in [6.45, 7) is 14.0. The van der Waals surface area contributed by atoms with Gasteiger partial charge in [-0.05, 0) is 19.4 Å². The topological polar surface area (TPSA) is 102 Å². The first-order valence-corrected chi connectivity index (χ1v) is 7.02. The summed E-state index contributed by atoms with van der Waals surface area (Å²) in [4.78, 5) is 30.4. The van der Waals surface area contributed by atoms with Gasteiger partial charge in [0.2, 0.25) is 5.91 Å². The molecule has 0 spiro atoms. The van der Waals surface area contributed by atoms with Crippen LogP contribution in [0, 0.1) is 0 Å². The second kappa shape index (κ2) is 21.9. The van der Waals surface area contributed by atoms with E-state index < -0.39 is 0 Å². The van der Waals surface area contributed by atoms with E-state index in [1.54, 1.807) is 6.92 Å². The molecule has 0 fully saturated rings. The quantitative estimate of drug-likeness (QED) is 0.303. The normalized spacial score (nSPS) is 7.96. The summed E-state index contributed by atoms with van der Waals surface area (Å²) < 4.78 is 9.11. The van der Waals surface area contributed by atoms with E-state index in [2.05, 4.69) is 34.5 Å². The van der Waals surface area contributed by atoms with E-state index in [9.17, 15) is 14.4 Å². The number of esters is 2. The number of nitrogens with one attached hydrogen (secondary N) is 1. The lowest BCUT2D eigenvalue weighted by molar-refractivity contribution is -0.138. The lowest BCUT2D eigenvalue weighted by Crippen LogP contribution is -2.20. The zero-order chi connectivity index (χ0) is 18.5. The number of carbonyl (C=O) groups is 3. The second-order valence-electron chi connectivity index (χ2n) is 3.58. The van der Waals surface area contributed by atoms with Gasteiger partial charge in [-0.15, -0.1) is 0 Å². The lowest BCUT2D eigenvalue weighted by Gasteiger charge is -1.97. The Morgan fingerprint density at radius 2 is 1.52 bits per heavy atom. The molecule has 0 unspecified atom stereocenters. The van der Waals surface area contributed by atoms with Crippen LogP contribution in [0.4, 0.5) is 0 Å². The zero-order valence-corrected chi connectivity index (χ0v) is 13.9. The minimum atomic E-state index is -0.359. The predicted molar refractivity (Wildman–Crippen MR) is 88.3 cm³/mol. The van der Waals surface area contributed by atoms with Crippen molar-refractivity contribution in [2.75, 3.05) is 19.9 Å². The highest BCUT2D eigenvalue weighted by Crippen LogP contribution is 1.88.